The zero-order valence-electron chi connectivity index (χ0n) is 12.1. The first-order valence-corrected chi connectivity index (χ1v) is 7.28. The van der Waals surface area contributed by atoms with Gasteiger partial charge in [-0.3, -0.25) is 14.9 Å². The number of rotatable bonds is 4. The molecule has 1 aromatic heterocycles. The predicted molar refractivity (Wildman–Crippen MR) is 81.7 cm³/mol. The number of carbonyl (C=O) groups is 2. The monoisotopic (exact) mass is 304 g/mol. The molecule has 0 aliphatic heterocycles. The number of carbonyl (C=O) groups excluding carboxylic acids is 2. The molecule has 2 aromatic rings. The van der Waals surface area contributed by atoms with E-state index < -0.39 is 0 Å². The van der Waals surface area contributed by atoms with Crippen LogP contribution in [0.2, 0.25) is 0 Å². The summed E-state index contributed by atoms with van der Waals surface area (Å²) in [5.41, 5.74) is 3.22. The van der Waals surface area contributed by atoms with E-state index in [-0.39, 0.29) is 18.3 Å². The Morgan fingerprint density at radius 2 is 2.10 bits per heavy atom. The maximum absolute atomic E-state index is 12.2. The lowest BCUT2D eigenvalue weighted by atomic mass is 10.0. The lowest BCUT2D eigenvalue weighted by molar-refractivity contribution is -0.139. The molecule has 0 saturated carbocycles. The van der Waals surface area contributed by atoms with Gasteiger partial charge in [-0.15, -0.1) is 11.3 Å². The first kappa shape index (κ1) is 15.2. The van der Waals surface area contributed by atoms with Crippen molar-refractivity contribution in [3.05, 3.63) is 46.0 Å². The van der Waals surface area contributed by atoms with Gasteiger partial charge in [0.15, 0.2) is 5.13 Å². The van der Waals surface area contributed by atoms with Crippen molar-refractivity contribution in [3.63, 3.8) is 0 Å². The van der Waals surface area contributed by atoms with Crippen LogP contribution >= 0.6 is 11.3 Å². The van der Waals surface area contributed by atoms with Gasteiger partial charge in [-0.1, -0.05) is 12.1 Å². The first-order valence-electron chi connectivity index (χ1n) is 6.40. The highest BCUT2D eigenvalue weighted by atomic mass is 32.1. The molecule has 1 N–H and O–H groups in total. The molecule has 110 valence electrons. The summed E-state index contributed by atoms with van der Waals surface area (Å²) in [6.07, 6.45) is 0.104. The molecule has 0 saturated heterocycles. The minimum Gasteiger partial charge on any atom is -0.469 e. The molecule has 0 aliphatic rings. The van der Waals surface area contributed by atoms with Gasteiger partial charge in [0, 0.05) is 10.9 Å². The first-order chi connectivity index (χ1) is 10.0. The molecule has 2 rings (SSSR count). The van der Waals surface area contributed by atoms with E-state index in [1.165, 1.54) is 18.4 Å². The third-order valence-corrected chi connectivity index (χ3v) is 3.98. The van der Waals surface area contributed by atoms with Gasteiger partial charge in [0.25, 0.3) is 5.91 Å². The van der Waals surface area contributed by atoms with Gasteiger partial charge in [-0.2, -0.15) is 0 Å². The van der Waals surface area contributed by atoms with Crippen LogP contribution in [-0.2, 0) is 16.0 Å². The number of nitrogens with one attached hydrogen (secondary N) is 1. The summed E-state index contributed by atoms with van der Waals surface area (Å²) in [5, 5.41) is 4.96. The fourth-order valence-corrected chi connectivity index (χ4v) is 2.53. The van der Waals surface area contributed by atoms with Crippen molar-refractivity contribution in [1.82, 2.24) is 4.98 Å². The molecular weight excluding hydrogens is 288 g/mol. The van der Waals surface area contributed by atoms with Crippen LogP contribution in [0.4, 0.5) is 5.13 Å². The highest BCUT2D eigenvalue weighted by Crippen LogP contribution is 2.19. The van der Waals surface area contributed by atoms with Gasteiger partial charge in [0.1, 0.15) is 0 Å². The Bertz CT molecular complexity index is 679. The van der Waals surface area contributed by atoms with Crippen LogP contribution < -0.4 is 5.32 Å². The summed E-state index contributed by atoms with van der Waals surface area (Å²) < 4.78 is 4.58. The standard InChI is InChI=1S/C15H16N2O3S/c1-9-5-4-6-12(10(9)2)14(19)17-15-16-11(8-21-15)7-13(18)20-3/h4-6,8H,7H2,1-3H3,(H,16,17,19). The minimum atomic E-state index is -0.354. The Kier molecular flexibility index (Phi) is 4.70. The molecule has 0 aliphatic carbocycles. The second-order valence-electron chi connectivity index (χ2n) is 4.60. The quantitative estimate of drug-likeness (QED) is 0.882. The van der Waals surface area contributed by atoms with E-state index in [1.54, 1.807) is 11.4 Å². The molecule has 5 nitrogen and oxygen atoms in total. The maximum Gasteiger partial charge on any atom is 0.311 e. The number of methoxy groups -OCH3 is 1. The molecule has 0 spiro atoms. The largest absolute Gasteiger partial charge is 0.469 e. The molecular formula is C15H16N2O3S. The normalized spacial score (nSPS) is 10.2. The molecule has 0 unspecified atom stereocenters. The number of aryl methyl sites for hydroxylation is 1. The van der Waals surface area contributed by atoms with E-state index in [0.717, 1.165) is 11.1 Å². The molecule has 1 aromatic carbocycles. The summed E-state index contributed by atoms with van der Waals surface area (Å²) in [6.45, 7) is 3.87. The van der Waals surface area contributed by atoms with Crippen LogP contribution in [0.5, 0.6) is 0 Å². The van der Waals surface area contributed by atoms with Gasteiger partial charge in [-0.05, 0) is 31.0 Å². The van der Waals surface area contributed by atoms with Crippen LogP contribution in [0.15, 0.2) is 23.6 Å². The summed E-state index contributed by atoms with van der Waals surface area (Å²) in [4.78, 5) is 27.6. The number of ether oxygens (including phenoxy) is 1. The van der Waals surface area contributed by atoms with Gasteiger partial charge in [-0.25, -0.2) is 4.98 Å². The maximum atomic E-state index is 12.2. The fraction of sp³-hybridized carbons (Fsp3) is 0.267. The van der Waals surface area contributed by atoms with Crippen LogP contribution in [0, 0.1) is 13.8 Å². The number of hydrogen-bond acceptors (Lipinski definition) is 5. The Morgan fingerprint density at radius 3 is 2.81 bits per heavy atom. The van der Waals surface area contributed by atoms with Crippen molar-refractivity contribution in [2.24, 2.45) is 0 Å². The molecule has 1 heterocycles. The molecule has 21 heavy (non-hydrogen) atoms. The summed E-state index contributed by atoms with van der Waals surface area (Å²) >= 11 is 1.28. The highest BCUT2D eigenvalue weighted by Gasteiger charge is 2.13. The van der Waals surface area contributed by atoms with Gasteiger partial charge >= 0.3 is 5.97 Å². The van der Waals surface area contributed by atoms with Crippen molar-refractivity contribution in [3.8, 4) is 0 Å². The minimum absolute atomic E-state index is 0.104. The average molecular weight is 304 g/mol. The Labute approximate surface area is 127 Å². The van der Waals surface area contributed by atoms with E-state index >= 15 is 0 Å². The summed E-state index contributed by atoms with van der Waals surface area (Å²) in [5.74, 6) is -0.553. The number of anilines is 1. The molecule has 1 amide bonds. The number of aromatic nitrogens is 1. The van der Waals surface area contributed by atoms with Crippen LogP contribution in [0.1, 0.15) is 27.2 Å². The van der Waals surface area contributed by atoms with E-state index in [4.69, 9.17) is 0 Å². The average Bonchev–Trinajstić information content (AvgIpc) is 2.88. The van der Waals surface area contributed by atoms with Crippen LogP contribution in [-0.4, -0.2) is 24.0 Å². The third-order valence-electron chi connectivity index (χ3n) is 3.17. The zero-order chi connectivity index (χ0) is 15.4. The zero-order valence-corrected chi connectivity index (χ0v) is 12.9. The van der Waals surface area contributed by atoms with Crippen LogP contribution in [0.3, 0.4) is 0 Å². The number of amides is 1. The molecule has 6 heteroatoms. The molecule has 0 atom stereocenters. The number of hydrogen-bond donors (Lipinski definition) is 1. The molecule has 0 radical (unpaired) electrons. The van der Waals surface area contributed by atoms with Crippen molar-refractivity contribution in [2.75, 3.05) is 12.4 Å². The fourth-order valence-electron chi connectivity index (χ4n) is 1.83. The second-order valence-corrected chi connectivity index (χ2v) is 5.46. The number of benzene rings is 1. The van der Waals surface area contributed by atoms with E-state index in [2.05, 4.69) is 15.0 Å². The summed E-state index contributed by atoms with van der Waals surface area (Å²) in [6, 6.07) is 5.59. The van der Waals surface area contributed by atoms with E-state index in [1.807, 2.05) is 26.0 Å². The Balaban J connectivity index is 2.09. The van der Waals surface area contributed by atoms with E-state index in [9.17, 15) is 9.59 Å². The van der Waals surface area contributed by atoms with E-state index in [0.29, 0.717) is 16.4 Å². The number of esters is 1. The molecule has 0 bridgehead atoms. The predicted octanol–water partition coefficient (Wildman–Crippen LogP) is 2.73. The second kappa shape index (κ2) is 6.49. The smallest absolute Gasteiger partial charge is 0.311 e. The van der Waals surface area contributed by atoms with Crippen molar-refractivity contribution < 1.29 is 14.3 Å². The van der Waals surface area contributed by atoms with Crippen molar-refractivity contribution in [1.29, 1.82) is 0 Å². The Hall–Kier alpha value is -2.21. The lowest BCUT2D eigenvalue weighted by Gasteiger charge is -2.07. The highest BCUT2D eigenvalue weighted by molar-refractivity contribution is 7.14. The van der Waals surface area contributed by atoms with Crippen molar-refractivity contribution >= 4 is 28.3 Å². The summed E-state index contributed by atoms with van der Waals surface area (Å²) in [7, 11) is 1.33. The lowest BCUT2D eigenvalue weighted by Crippen LogP contribution is -2.14. The molecule has 0 fully saturated rings. The van der Waals surface area contributed by atoms with Gasteiger partial charge in [0.05, 0.1) is 19.2 Å². The third kappa shape index (κ3) is 3.66. The van der Waals surface area contributed by atoms with Gasteiger partial charge < -0.3 is 4.74 Å². The SMILES string of the molecule is COC(=O)Cc1csc(NC(=O)c2cccc(C)c2C)n1. The van der Waals surface area contributed by atoms with Gasteiger partial charge in [0.2, 0.25) is 0 Å². The Morgan fingerprint density at radius 1 is 1.33 bits per heavy atom. The number of thiazole rings is 1. The topological polar surface area (TPSA) is 68.3 Å². The van der Waals surface area contributed by atoms with Crippen molar-refractivity contribution in [2.45, 2.75) is 20.3 Å². The van der Waals surface area contributed by atoms with Crippen LogP contribution in [0.25, 0.3) is 0 Å². The number of nitrogens with zero attached hydrogens (tertiary/aromatic N) is 1.